The van der Waals surface area contributed by atoms with Crippen molar-refractivity contribution in [3.8, 4) is 0 Å². The van der Waals surface area contributed by atoms with Crippen LogP contribution in [0.5, 0.6) is 0 Å². The SMILES string of the molecule is CCC(C)c1cc([N+](=O)[O-])ccc1[C](Cc1ccccc1)C(C)C. The summed E-state index contributed by atoms with van der Waals surface area (Å²) in [6.07, 6.45) is 1.84. The summed E-state index contributed by atoms with van der Waals surface area (Å²) in [5.41, 5.74) is 3.71. The second kappa shape index (κ2) is 8.09. The van der Waals surface area contributed by atoms with Crippen LogP contribution in [0.4, 0.5) is 5.69 Å². The number of rotatable bonds is 7. The topological polar surface area (TPSA) is 43.1 Å². The molecule has 1 radical (unpaired) electrons. The second-order valence-electron chi connectivity index (χ2n) is 6.68. The summed E-state index contributed by atoms with van der Waals surface area (Å²) < 4.78 is 0. The number of nitro groups is 1. The van der Waals surface area contributed by atoms with E-state index in [9.17, 15) is 10.1 Å². The Balaban J connectivity index is 2.46. The van der Waals surface area contributed by atoms with Crippen LogP contribution < -0.4 is 0 Å². The number of nitro benzene ring substituents is 1. The van der Waals surface area contributed by atoms with Gasteiger partial charge in [0.1, 0.15) is 0 Å². The van der Waals surface area contributed by atoms with Crippen molar-refractivity contribution in [1.29, 1.82) is 0 Å². The highest BCUT2D eigenvalue weighted by molar-refractivity contribution is 5.49. The average Bonchev–Trinajstić information content (AvgIpc) is 2.59. The van der Waals surface area contributed by atoms with Gasteiger partial charge < -0.3 is 0 Å². The van der Waals surface area contributed by atoms with Crippen LogP contribution in [0, 0.1) is 22.0 Å². The lowest BCUT2D eigenvalue weighted by atomic mass is 9.78. The van der Waals surface area contributed by atoms with Gasteiger partial charge in [0.05, 0.1) is 4.92 Å². The van der Waals surface area contributed by atoms with Crippen LogP contribution in [0.15, 0.2) is 48.5 Å². The quantitative estimate of drug-likeness (QED) is 0.468. The van der Waals surface area contributed by atoms with Crippen molar-refractivity contribution >= 4 is 5.69 Å². The van der Waals surface area contributed by atoms with Gasteiger partial charge in [0.15, 0.2) is 0 Å². The summed E-state index contributed by atoms with van der Waals surface area (Å²) in [7, 11) is 0. The van der Waals surface area contributed by atoms with Crippen LogP contribution >= 0.6 is 0 Å². The van der Waals surface area contributed by atoms with Crippen molar-refractivity contribution in [2.45, 2.75) is 46.5 Å². The van der Waals surface area contributed by atoms with E-state index in [1.165, 1.54) is 17.0 Å². The van der Waals surface area contributed by atoms with Crippen molar-refractivity contribution in [1.82, 2.24) is 0 Å². The van der Waals surface area contributed by atoms with Gasteiger partial charge in [-0.1, -0.05) is 64.1 Å². The Morgan fingerprint density at radius 3 is 2.29 bits per heavy atom. The Labute approximate surface area is 144 Å². The summed E-state index contributed by atoms with van der Waals surface area (Å²) in [6, 6.07) is 15.7. The van der Waals surface area contributed by atoms with Gasteiger partial charge in [-0.3, -0.25) is 10.1 Å². The van der Waals surface area contributed by atoms with E-state index in [2.05, 4.69) is 52.0 Å². The third kappa shape index (κ3) is 4.22. The standard InChI is InChI=1S/C21H26NO2/c1-5-16(4)21-14-18(22(23)24)11-12-19(21)20(15(2)3)13-17-9-7-6-8-10-17/h6-12,14-16H,5,13H2,1-4H3. The monoisotopic (exact) mass is 324 g/mol. The van der Waals surface area contributed by atoms with Crippen molar-refractivity contribution in [3.05, 3.63) is 81.3 Å². The second-order valence-corrected chi connectivity index (χ2v) is 6.68. The number of non-ortho nitro benzene ring substituents is 1. The van der Waals surface area contributed by atoms with Crippen LogP contribution in [0.1, 0.15) is 56.7 Å². The highest BCUT2D eigenvalue weighted by Crippen LogP contribution is 2.36. The Morgan fingerprint density at radius 1 is 1.08 bits per heavy atom. The summed E-state index contributed by atoms with van der Waals surface area (Å²) in [5, 5.41) is 11.2. The average molecular weight is 324 g/mol. The maximum absolute atomic E-state index is 11.2. The molecule has 3 heteroatoms. The van der Waals surface area contributed by atoms with Gasteiger partial charge in [-0.2, -0.15) is 0 Å². The van der Waals surface area contributed by atoms with Crippen molar-refractivity contribution in [2.24, 2.45) is 5.92 Å². The lowest BCUT2D eigenvalue weighted by Crippen LogP contribution is -2.15. The normalized spacial score (nSPS) is 12.6. The minimum atomic E-state index is -0.304. The molecule has 2 rings (SSSR count). The Bertz CT molecular complexity index is 679. The van der Waals surface area contributed by atoms with Crippen LogP contribution in [0.25, 0.3) is 0 Å². The molecule has 24 heavy (non-hydrogen) atoms. The minimum Gasteiger partial charge on any atom is -0.258 e. The van der Waals surface area contributed by atoms with Crippen LogP contribution in [0.3, 0.4) is 0 Å². The van der Waals surface area contributed by atoms with Crippen molar-refractivity contribution in [2.75, 3.05) is 0 Å². The van der Waals surface area contributed by atoms with Crippen molar-refractivity contribution in [3.63, 3.8) is 0 Å². The first-order valence-corrected chi connectivity index (χ1v) is 8.62. The van der Waals surface area contributed by atoms with Gasteiger partial charge in [-0.05, 0) is 41.4 Å². The van der Waals surface area contributed by atoms with E-state index in [1.807, 2.05) is 12.1 Å². The molecule has 0 N–H and O–H groups in total. The van der Waals surface area contributed by atoms with E-state index in [-0.39, 0.29) is 10.6 Å². The number of hydrogen-bond acceptors (Lipinski definition) is 2. The summed E-state index contributed by atoms with van der Waals surface area (Å²) in [6.45, 7) is 8.66. The van der Waals surface area contributed by atoms with Gasteiger partial charge in [0.25, 0.3) is 5.69 Å². The number of benzene rings is 2. The molecule has 0 aliphatic carbocycles. The van der Waals surface area contributed by atoms with Crippen molar-refractivity contribution < 1.29 is 4.92 Å². The molecule has 2 aromatic rings. The molecule has 127 valence electrons. The predicted molar refractivity (Wildman–Crippen MR) is 99.1 cm³/mol. The van der Waals surface area contributed by atoms with Gasteiger partial charge in [-0.15, -0.1) is 0 Å². The van der Waals surface area contributed by atoms with Gasteiger partial charge >= 0.3 is 0 Å². The molecule has 2 aromatic carbocycles. The fraction of sp³-hybridized carbons (Fsp3) is 0.381. The first kappa shape index (κ1) is 18.2. The van der Waals surface area contributed by atoms with E-state index in [1.54, 1.807) is 12.1 Å². The molecule has 0 bridgehead atoms. The maximum Gasteiger partial charge on any atom is 0.269 e. The van der Waals surface area contributed by atoms with E-state index in [0.717, 1.165) is 18.4 Å². The molecule has 1 atom stereocenters. The molecule has 0 saturated carbocycles. The third-order valence-corrected chi connectivity index (χ3v) is 4.67. The van der Waals surface area contributed by atoms with Gasteiger partial charge in [-0.25, -0.2) is 0 Å². The lowest BCUT2D eigenvalue weighted by Gasteiger charge is -2.25. The van der Waals surface area contributed by atoms with E-state index < -0.39 is 0 Å². The fourth-order valence-corrected chi connectivity index (χ4v) is 3.01. The molecule has 0 amide bonds. The molecular formula is C21H26NO2. The highest BCUT2D eigenvalue weighted by Gasteiger charge is 2.24. The summed E-state index contributed by atoms with van der Waals surface area (Å²) in [4.78, 5) is 10.9. The molecular weight excluding hydrogens is 298 g/mol. The molecule has 3 nitrogen and oxygen atoms in total. The summed E-state index contributed by atoms with van der Waals surface area (Å²) in [5.74, 6) is 2.02. The largest absolute Gasteiger partial charge is 0.269 e. The van der Waals surface area contributed by atoms with Gasteiger partial charge in [0.2, 0.25) is 0 Å². The van der Waals surface area contributed by atoms with Crippen LogP contribution in [-0.2, 0) is 6.42 Å². The van der Waals surface area contributed by atoms with Crippen LogP contribution in [0.2, 0.25) is 0 Å². The maximum atomic E-state index is 11.2. The lowest BCUT2D eigenvalue weighted by molar-refractivity contribution is -0.384. The Morgan fingerprint density at radius 2 is 1.75 bits per heavy atom. The van der Waals surface area contributed by atoms with E-state index in [4.69, 9.17) is 0 Å². The fourth-order valence-electron chi connectivity index (χ4n) is 3.01. The predicted octanol–water partition coefficient (Wildman–Crippen LogP) is 5.93. The number of nitrogens with zero attached hydrogens (tertiary/aromatic N) is 1. The smallest absolute Gasteiger partial charge is 0.258 e. The molecule has 0 aliphatic rings. The molecule has 0 aliphatic heterocycles. The molecule has 0 spiro atoms. The van der Waals surface area contributed by atoms with Gasteiger partial charge in [0, 0.05) is 18.1 Å². The highest BCUT2D eigenvalue weighted by atomic mass is 16.6. The minimum absolute atomic E-state index is 0.178. The van der Waals surface area contributed by atoms with Crippen LogP contribution in [-0.4, -0.2) is 4.92 Å². The van der Waals surface area contributed by atoms with E-state index >= 15 is 0 Å². The molecule has 0 aromatic heterocycles. The zero-order valence-corrected chi connectivity index (χ0v) is 15.0. The molecule has 1 unspecified atom stereocenters. The molecule has 0 heterocycles. The first-order valence-electron chi connectivity index (χ1n) is 8.62. The Hall–Kier alpha value is -2.16. The first-order chi connectivity index (χ1) is 11.4. The zero-order valence-electron chi connectivity index (χ0n) is 15.0. The van der Waals surface area contributed by atoms with E-state index in [0.29, 0.717) is 11.8 Å². The zero-order chi connectivity index (χ0) is 17.7. The number of hydrogen-bond donors (Lipinski definition) is 0. The summed E-state index contributed by atoms with van der Waals surface area (Å²) >= 11 is 0. The third-order valence-electron chi connectivity index (χ3n) is 4.67. The molecule has 0 saturated heterocycles. The molecule has 0 fully saturated rings. The Kier molecular flexibility index (Phi) is 6.13.